The smallest absolute Gasteiger partial charge is 0.350 e. The number of carbonyl (C=O) groups excluding carboxylic acids is 2. The number of aryl methyl sites for hydroxylation is 1. The fourth-order valence-electron chi connectivity index (χ4n) is 2.15. The van der Waals surface area contributed by atoms with Crippen molar-refractivity contribution in [3.05, 3.63) is 58.9 Å². The van der Waals surface area contributed by atoms with Crippen molar-refractivity contribution in [1.29, 1.82) is 0 Å². The quantitative estimate of drug-likeness (QED) is 0.364. The van der Waals surface area contributed by atoms with Crippen LogP contribution in [0.3, 0.4) is 0 Å². The number of esters is 1. The molecule has 0 saturated heterocycles. The second kappa shape index (κ2) is 8.20. The summed E-state index contributed by atoms with van der Waals surface area (Å²) < 4.78 is 5.17. The molecule has 0 aliphatic rings. The summed E-state index contributed by atoms with van der Waals surface area (Å²) in [6.45, 7) is 1.40. The lowest BCUT2D eigenvalue weighted by Gasteiger charge is -2.04. The van der Waals surface area contributed by atoms with Gasteiger partial charge in [-0.2, -0.15) is 0 Å². The van der Waals surface area contributed by atoms with Crippen molar-refractivity contribution < 1.29 is 14.3 Å². The SMILES string of the molecule is CSc1ccc(C(=O)COC(=O)c2sc(-c3ncccn3)nc2C)cc1. The van der Waals surface area contributed by atoms with Gasteiger partial charge in [-0.3, -0.25) is 4.79 Å². The minimum absolute atomic E-state index is 0.250. The molecule has 0 bridgehead atoms. The summed E-state index contributed by atoms with van der Waals surface area (Å²) in [5, 5.41) is 0.536. The average molecular weight is 385 g/mol. The van der Waals surface area contributed by atoms with Gasteiger partial charge in [0.15, 0.2) is 23.2 Å². The predicted octanol–water partition coefficient (Wildman–Crippen LogP) is 3.67. The third-order valence-corrected chi connectivity index (χ3v) is 5.36. The van der Waals surface area contributed by atoms with E-state index < -0.39 is 5.97 Å². The van der Waals surface area contributed by atoms with E-state index in [1.54, 1.807) is 49.3 Å². The summed E-state index contributed by atoms with van der Waals surface area (Å²) in [6.07, 6.45) is 5.18. The van der Waals surface area contributed by atoms with Gasteiger partial charge in [-0.25, -0.2) is 19.7 Å². The van der Waals surface area contributed by atoms with Gasteiger partial charge in [-0.05, 0) is 31.4 Å². The van der Waals surface area contributed by atoms with Gasteiger partial charge >= 0.3 is 5.97 Å². The van der Waals surface area contributed by atoms with E-state index in [0.29, 0.717) is 27.0 Å². The van der Waals surface area contributed by atoms with E-state index in [9.17, 15) is 9.59 Å². The van der Waals surface area contributed by atoms with Gasteiger partial charge < -0.3 is 4.74 Å². The molecule has 0 fully saturated rings. The third-order valence-electron chi connectivity index (χ3n) is 3.49. The Kier molecular flexibility index (Phi) is 5.75. The number of thiazole rings is 1. The molecule has 0 saturated carbocycles. The Morgan fingerprint density at radius 3 is 2.50 bits per heavy atom. The molecule has 3 rings (SSSR count). The summed E-state index contributed by atoms with van der Waals surface area (Å²) in [5.74, 6) is -0.374. The number of rotatable bonds is 6. The van der Waals surface area contributed by atoms with E-state index in [0.717, 1.165) is 16.2 Å². The highest BCUT2D eigenvalue weighted by molar-refractivity contribution is 7.98. The molecule has 0 radical (unpaired) electrons. The molecule has 0 N–H and O–H groups in total. The molecule has 6 nitrogen and oxygen atoms in total. The van der Waals surface area contributed by atoms with Gasteiger partial charge in [-0.1, -0.05) is 12.1 Å². The van der Waals surface area contributed by atoms with Crippen LogP contribution in [0.5, 0.6) is 0 Å². The van der Waals surface area contributed by atoms with Gasteiger partial charge in [0.25, 0.3) is 0 Å². The molecule has 8 heteroatoms. The molecule has 2 aromatic heterocycles. The lowest BCUT2D eigenvalue weighted by Crippen LogP contribution is -2.14. The summed E-state index contributed by atoms with van der Waals surface area (Å²) in [6, 6.07) is 8.88. The highest BCUT2D eigenvalue weighted by atomic mass is 32.2. The molecule has 0 unspecified atom stereocenters. The molecule has 26 heavy (non-hydrogen) atoms. The standard InChI is InChI=1S/C18H15N3O3S2/c1-11-15(26-17(21-11)16-19-8-3-9-20-16)18(23)24-10-14(22)12-4-6-13(25-2)7-5-12/h3-9H,10H2,1-2H3. The maximum atomic E-state index is 12.3. The van der Waals surface area contributed by atoms with Gasteiger partial charge in [0, 0.05) is 22.9 Å². The number of ether oxygens (including phenoxy) is 1. The second-order valence-electron chi connectivity index (χ2n) is 5.23. The Morgan fingerprint density at radius 1 is 1.15 bits per heavy atom. The first-order valence-corrected chi connectivity index (χ1v) is 9.72. The van der Waals surface area contributed by atoms with Crippen molar-refractivity contribution in [1.82, 2.24) is 15.0 Å². The Morgan fingerprint density at radius 2 is 1.85 bits per heavy atom. The summed E-state index contributed by atoms with van der Waals surface area (Å²) in [5.41, 5.74) is 1.04. The Bertz CT molecular complexity index is 925. The van der Waals surface area contributed by atoms with Gasteiger partial charge in [-0.15, -0.1) is 23.1 Å². The van der Waals surface area contributed by atoms with Gasteiger partial charge in [0.05, 0.1) is 5.69 Å². The molecular weight excluding hydrogens is 370 g/mol. The van der Waals surface area contributed by atoms with E-state index in [1.165, 1.54) is 0 Å². The third kappa shape index (κ3) is 4.14. The maximum absolute atomic E-state index is 12.3. The summed E-state index contributed by atoms with van der Waals surface area (Å²) >= 11 is 2.74. The van der Waals surface area contributed by atoms with Crippen LogP contribution in [0.4, 0.5) is 0 Å². The van der Waals surface area contributed by atoms with Gasteiger partial charge in [0.2, 0.25) is 0 Å². The van der Waals surface area contributed by atoms with Crippen LogP contribution in [-0.4, -0.2) is 39.6 Å². The van der Waals surface area contributed by atoms with E-state index in [-0.39, 0.29) is 12.4 Å². The fraction of sp³-hybridized carbons (Fsp3) is 0.167. The zero-order valence-corrected chi connectivity index (χ0v) is 15.8. The highest BCUT2D eigenvalue weighted by Crippen LogP contribution is 2.25. The molecule has 0 spiro atoms. The van der Waals surface area contributed by atoms with E-state index in [4.69, 9.17) is 4.74 Å². The average Bonchev–Trinajstić information content (AvgIpc) is 3.08. The van der Waals surface area contributed by atoms with Crippen molar-refractivity contribution in [2.75, 3.05) is 12.9 Å². The van der Waals surface area contributed by atoms with Crippen molar-refractivity contribution in [3.8, 4) is 10.8 Å². The first-order chi connectivity index (χ1) is 12.6. The van der Waals surface area contributed by atoms with E-state index >= 15 is 0 Å². The van der Waals surface area contributed by atoms with Gasteiger partial charge in [0.1, 0.15) is 4.88 Å². The van der Waals surface area contributed by atoms with Crippen molar-refractivity contribution in [3.63, 3.8) is 0 Å². The van der Waals surface area contributed by atoms with Crippen LogP contribution in [0.1, 0.15) is 25.7 Å². The van der Waals surface area contributed by atoms with Crippen LogP contribution >= 0.6 is 23.1 Å². The predicted molar refractivity (Wildman–Crippen MR) is 101 cm³/mol. The number of hydrogen-bond donors (Lipinski definition) is 0. The number of nitrogens with zero attached hydrogens (tertiary/aromatic N) is 3. The van der Waals surface area contributed by atoms with Crippen LogP contribution < -0.4 is 0 Å². The first-order valence-electron chi connectivity index (χ1n) is 7.67. The van der Waals surface area contributed by atoms with E-state index in [2.05, 4.69) is 15.0 Å². The lowest BCUT2D eigenvalue weighted by atomic mass is 10.1. The van der Waals surface area contributed by atoms with Crippen molar-refractivity contribution in [2.24, 2.45) is 0 Å². The van der Waals surface area contributed by atoms with Crippen LogP contribution in [0, 0.1) is 6.92 Å². The number of aromatic nitrogens is 3. The second-order valence-corrected chi connectivity index (χ2v) is 7.11. The Hall–Kier alpha value is -2.58. The number of carbonyl (C=O) groups is 2. The number of Topliss-reactive ketones (excluding diaryl/α,β-unsaturated/α-hetero) is 1. The first kappa shape index (κ1) is 18.2. The van der Waals surface area contributed by atoms with Crippen LogP contribution in [-0.2, 0) is 4.74 Å². The zero-order chi connectivity index (χ0) is 18.5. The minimum Gasteiger partial charge on any atom is -0.453 e. The van der Waals surface area contributed by atoms with Crippen molar-refractivity contribution >= 4 is 34.9 Å². The molecule has 0 aliphatic heterocycles. The number of benzene rings is 1. The van der Waals surface area contributed by atoms with Crippen LogP contribution in [0.25, 0.3) is 10.8 Å². The summed E-state index contributed by atoms with van der Waals surface area (Å²) in [7, 11) is 0. The van der Waals surface area contributed by atoms with Crippen LogP contribution in [0.15, 0.2) is 47.6 Å². The molecular formula is C18H15N3O3S2. The lowest BCUT2D eigenvalue weighted by molar-refractivity contribution is 0.0478. The highest BCUT2D eigenvalue weighted by Gasteiger charge is 2.20. The van der Waals surface area contributed by atoms with Crippen molar-refractivity contribution in [2.45, 2.75) is 11.8 Å². The largest absolute Gasteiger partial charge is 0.453 e. The topological polar surface area (TPSA) is 82.0 Å². The molecule has 1 aromatic carbocycles. The normalized spacial score (nSPS) is 10.5. The zero-order valence-electron chi connectivity index (χ0n) is 14.1. The van der Waals surface area contributed by atoms with E-state index in [1.807, 2.05) is 18.4 Å². The van der Waals surface area contributed by atoms with Crippen LogP contribution in [0.2, 0.25) is 0 Å². The number of ketones is 1. The maximum Gasteiger partial charge on any atom is 0.350 e. The Balaban J connectivity index is 1.66. The number of hydrogen-bond acceptors (Lipinski definition) is 8. The fourth-order valence-corrected chi connectivity index (χ4v) is 3.46. The number of thioether (sulfide) groups is 1. The minimum atomic E-state index is -0.573. The molecule has 0 atom stereocenters. The molecule has 3 aromatic rings. The Labute approximate surface area is 158 Å². The molecule has 132 valence electrons. The monoisotopic (exact) mass is 385 g/mol. The summed E-state index contributed by atoms with van der Waals surface area (Å²) in [4.78, 5) is 38.4. The molecule has 0 amide bonds. The molecule has 0 aliphatic carbocycles. The molecule has 2 heterocycles.